The Hall–Kier alpha value is -1.47. The Morgan fingerprint density at radius 3 is 2.40 bits per heavy atom. The molecule has 0 spiro atoms. The van der Waals surface area contributed by atoms with E-state index in [9.17, 15) is 13.2 Å². The quantitative estimate of drug-likeness (QED) is 0.743. The minimum absolute atomic E-state index is 0.143. The maximum absolute atomic E-state index is 12.1. The van der Waals surface area contributed by atoms with Gasteiger partial charge in [0.25, 0.3) is 0 Å². The molecule has 0 atom stereocenters. The zero-order valence-electron chi connectivity index (χ0n) is 12.1. The molecule has 1 aromatic rings. The fourth-order valence-electron chi connectivity index (χ4n) is 1.81. The number of hydrogen-bond donors (Lipinski definition) is 0. The second-order valence-corrected chi connectivity index (χ2v) is 6.44. The van der Waals surface area contributed by atoms with Crippen LogP contribution >= 0.6 is 0 Å². The maximum atomic E-state index is 12.1. The van der Waals surface area contributed by atoms with Crippen LogP contribution in [0.15, 0.2) is 24.5 Å². The summed E-state index contributed by atoms with van der Waals surface area (Å²) in [5.41, 5.74) is 0.755. The van der Waals surface area contributed by atoms with Gasteiger partial charge in [0.15, 0.2) is 0 Å². The lowest BCUT2D eigenvalue weighted by molar-refractivity contribution is -0.131. The monoisotopic (exact) mass is 299 g/mol. The van der Waals surface area contributed by atoms with Crippen LogP contribution in [0.4, 0.5) is 0 Å². The van der Waals surface area contributed by atoms with E-state index in [0.717, 1.165) is 11.8 Å². The number of pyridine rings is 1. The third kappa shape index (κ3) is 4.90. The molecule has 0 fully saturated rings. The van der Waals surface area contributed by atoms with Gasteiger partial charge in [-0.3, -0.25) is 9.78 Å². The van der Waals surface area contributed by atoms with Gasteiger partial charge in [-0.25, -0.2) is 8.42 Å². The van der Waals surface area contributed by atoms with Gasteiger partial charge >= 0.3 is 0 Å². The summed E-state index contributed by atoms with van der Waals surface area (Å²) in [6, 6.07) is 3.52. The highest BCUT2D eigenvalue weighted by atomic mass is 32.2. The number of hydrogen-bond acceptors (Lipinski definition) is 4. The Labute approximate surface area is 120 Å². The van der Waals surface area contributed by atoms with Crippen molar-refractivity contribution in [2.24, 2.45) is 0 Å². The summed E-state index contributed by atoms with van der Waals surface area (Å²) < 4.78 is 24.8. The van der Waals surface area contributed by atoms with Gasteiger partial charge < -0.3 is 4.90 Å². The fraction of sp³-hybridized carbons (Fsp3) is 0.538. The molecule has 1 amide bonds. The van der Waals surface area contributed by atoms with Crippen molar-refractivity contribution in [1.82, 2.24) is 14.2 Å². The predicted molar refractivity (Wildman–Crippen MR) is 77.4 cm³/mol. The second kappa shape index (κ2) is 7.35. The largest absolute Gasteiger partial charge is 0.342 e. The van der Waals surface area contributed by atoms with Crippen molar-refractivity contribution in [3.05, 3.63) is 30.1 Å². The first-order chi connectivity index (χ1) is 9.38. The van der Waals surface area contributed by atoms with E-state index < -0.39 is 10.0 Å². The summed E-state index contributed by atoms with van der Waals surface area (Å²) in [6.07, 6.45) is 4.33. The van der Waals surface area contributed by atoms with E-state index in [1.54, 1.807) is 29.4 Å². The van der Waals surface area contributed by atoms with E-state index in [1.807, 2.05) is 13.8 Å². The van der Waals surface area contributed by atoms with Crippen LogP contribution in [-0.4, -0.2) is 54.4 Å². The molecule has 1 rings (SSSR count). The Morgan fingerprint density at radius 1 is 1.30 bits per heavy atom. The third-order valence-electron chi connectivity index (χ3n) is 2.98. The van der Waals surface area contributed by atoms with E-state index in [0.29, 0.717) is 13.1 Å². The Morgan fingerprint density at radius 2 is 1.95 bits per heavy atom. The van der Waals surface area contributed by atoms with Crippen LogP contribution in [0.3, 0.4) is 0 Å². The van der Waals surface area contributed by atoms with E-state index in [4.69, 9.17) is 0 Å². The molecule has 0 aliphatic carbocycles. The number of carbonyl (C=O) groups is 1. The lowest BCUT2D eigenvalue weighted by atomic mass is 10.3. The Balaban J connectivity index is 2.84. The molecule has 0 aromatic carbocycles. The third-order valence-corrected chi connectivity index (χ3v) is 4.17. The molecular formula is C13H21N3O3S. The minimum Gasteiger partial charge on any atom is -0.342 e. The summed E-state index contributed by atoms with van der Waals surface area (Å²) in [6.45, 7) is 4.88. The highest BCUT2D eigenvalue weighted by molar-refractivity contribution is 7.88. The summed E-state index contributed by atoms with van der Waals surface area (Å²) >= 11 is 0. The van der Waals surface area contributed by atoms with Crippen LogP contribution in [-0.2, 0) is 21.4 Å². The highest BCUT2D eigenvalue weighted by Crippen LogP contribution is 2.08. The summed E-state index contributed by atoms with van der Waals surface area (Å²) in [5.74, 6) is -0.190. The Bertz CT molecular complexity index is 527. The van der Waals surface area contributed by atoms with Crippen molar-refractivity contribution < 1.29 is 13.2 Å². The van der Waals surface area contributed by atoms with Crippen LogP contribution in [0.25, 0.3) is 0 Å². The molecule has 0 bridgehead atoms. The van der Waals surface area contributed by atoms with Gasteiger partial charge in [-0.2, -0.15) is 4.31 Å². The second-order valence-electron chi connectivity index (χ2n) is 4.46. The number of rotatable bonds is 7. The summed E-state index contributed by atoms with van der Waals surface area (Å²) in [7, 11) is -3.45. The van der Waals surface area contributed by atoms with Gasteiger partial charge in [0.2, 0.25) is 15.9 Å². The Kier molecular flexibility index (Phi) is 6.09. The van der Waals surface area contributed by atoms with Crippen molar-refractivity contribution in [3.8, 4) is 0 Å². The van der Waals surface area contributed by atoms with Gasteiger partial charge in [0.1, 0.15) is 0 Å². The van der Waals surface area contributed by atoms with Crippen LogP contribution in [0.1, 0.15) is 19.4 Å². The molecule has 0 N–H and O–H groups in total. The van der Waals surface area contributed by atoms with Crippen LogP contribution in [0.5, 0.6) is 0 Å². The number of sulfonamides is 1. The van der Waals surface area contributed by atoms with Crippen molar-refractivity contribution in [2.45, 2.75) is 20.4 Å². The smallest absolute Gasteiger partial charge is 0.237 e. The van der Waals surface area contributed by atoms with Crippen LogP contribution in [0, 0.1) is 0 Å². The molecule has 1 aromatic heterocycles. The van der Waals surface area contributed by atoms with Crippen molar-refractivity contribution >= 4 is 15.9 Å². The zero-order valence-corrected chi connectivity index (χ0v) is 12.9. The first-order valence-corrected chi connectivity index (χ1v) is 8.35. The van der Waals surface area contributed by atoms with E-state index in [-0.39, 0.29) is 19.0 Å². The SMILES string of the molecule is CCN(CC)C(=O)CN(Cc1cccnc1)S(C)(=O)=O. The molecule has 6 nitrogen and oxygen atoms in total. The van der Waals surface area contributed by atoms with Gasteiger partial charge in [-0.15, -0.1) is 0 Å². The predicted octanol–water partition coefficient (Wildman–Crippen LogP) is 0.712. The molecule has 112 valence electrons. The lowest BCUT2D eigenvalue weighted by Crippen LogP contribution is -2.42. The van der Waals surface area contributed by atoms with Gasteiger partial charge in [0.05, 0.1) is 12.8 Å². The molecule has 0 aliphatic heterocycles. The number of aromatic nitrogens is 1. The molecule has 0 saturated carbocycles. The van der Waals surface area contributed by atoms with Crippen molar-refractivity contribution in [3.63, 3.8) is 0 Å². The topological polar surface area (TPSA) is 70.6 Å². The van der Waals surface area contributed by atoms with Crippen LogP contribution in [0.2, 0.25) is 0 Å². The molecule has 20 heavy (non-hydrogen) atoms. The highest BCUT2D eigenvalue weighted by Gasteiger charge is 2.22. The first-order valence-electron chi connectivity index (χ1n) is 6.50. The van der Waals surface area contributed by atoms with E-state index in [1.165, 1.54) is 4.31 Å². The molecule has 0 unspecified atom stereocenters. The van der Waals surface area contributed by atoms with Crippen LogP contribution < -0.4 is 0 Å². The normalized spacial score (nSPS) is 11.6. The van der Waals surface area contributed by atoms with E-state index in [2.05, 4.69) is 4.98 Å². The molecule has 0 saturated heterocycles. The van der Waals surface area contributed by atoms with Gasteiger partial charge in [-0.05, 0) is 25.5 Å². The molecular weight excluding hydrogens is 278 g/mol. The number of nitrogens with zero attached hydrogens (tertiary/aromatic N) is 3. The van der Waals surface area contributed by atoms with E-state index >= 15 is 0 Å². The number of likely N-dealkylation sites (N-methyl/N-ethyl adjacent to an activating group) is 1. The maximum Gasteiger partial charge on any atom is 0.237 e. The molecule has 1 heterocycles. The number of amides is 1. The van der Waals surface area contributed by atoms with Crippen molar-refractivity contribution in [2.75, 3.05) is 25.9 Å². The average Bonchev–Trinajstić information content (AvgIpc) is 2.39. The molecule has 7 heteroatoms. The van der Waals surface area contributed by atoms with Gasteiger partial charge in [-0.1, -0.05) is 6.07 Å². The minimum atomic E-state index is -3.45. The standard InChI is InChI=1S/C13H21N3O3S/c1-4-15(5-2)13(17)11-16(20(3,18)19)10-12-7-6-8-14-9-12/h6-9H,4-5,10-11H2,1-3H3. The summed E-state index contributed by atoms with van der Waals surface area (Å²) in [4.78, 5) is 17.6. The molecule has 0 aliphatic rings. The fourth-order valence-corrected chi connectivity index (χ4v) is 2.54. The average molecular weight is 299 g/mol. The number of carbonyl (C=O) groups excluding carboxylic acids is 1. The summed E-state index contributed by atoms with van der Waals surface area (Å²) in [5, 5.41) is 0. The lowest BCUT2D eigenvalue weighted by Gasteiger charge is -2.24. The zero-order chi connectivity index (χ0) is 15.2. The van der Waals surface area contributed by atoms with Crippen molar-refractivity contribution in [1.29, 1.82) is 0 Å². The first kappa shape index (κ1) is 16.6. The molecule has 0 radical (unpaired) electrons. The van der Waals surface area contributed by atoms with Gasteiger partial charge in [0, 0.05) is 32.0 Å².